The van der Waals surface area contributed by atoms with Crippen molar-refractivity contribution >= 4 is 23.9 Å². The van der Waals surface area contributed by atoms with Crippen LogP contribution in [0.1, 0.15) is 0 Å². The predicted molar refractivity (Wildman–Crippen MR) is 106 cm³/mol. The fraction of sp³-hybridized carbons (Fsp3) is 0. The molecule has 0 unspecified atom stereocenters. The third-order valence-corrected chi connectivity index (χ3v) is 4.96. The third kappa shape index (κ3) is 3.43. The Morgan fingerprint density at radius 2 is 1.46 bits per heavy atom. The fourth-order valence-corrected chi connectivity index (χ4v) is 3.48. The zero-order valence-corrected chi connectivity index (χ0v) is 14.6. The van der Waals surface area contributed by atoms with Gasteiger partial charge in [-0.15, -0.1) is 11.3 Å². The van der Waals surface area contributed by atoms with Crippen LogP contribution in [0, 0.1) is 0 Å². The standard InChI is InChI=1S/C20H15BN2O2S/c24-21(25)17-9-6-15(7-10-17)19-13-26-20(23-19)18-11-8-16(12-22-18)14-4-2-1-3-5-14/h1-13,24-25H. The van der Waals surface area contributed by atoms with Gasteiger partial charge in [0.05, 0.1) is 11.4 Å². The van der Waals surface area contributed by atoms with Gasteiger partial charge in [-0.05, 0) is 17.1 Å². The summed E-state index contributed by atoms with van der Waals surface area (Å²) in [4.78, 5) is 9.21. The molecule has 0 aliphatic rings. The topological polar surface area (TPSA) is 66.2 Å². The van der Waals surface area contributed by atoms with Crippen LogP contribution in [0.4, 0.5) is 0 Å². The molecule has 2 aromatic carbocycles. The number of thiazole rings is 1. The van der Waals surface area contributed by atoms with Crippen LogP contribution in [0.15, 0.2) is 78.3 Å². The minimum atomic E-state index is -1.46. The van der Waals surface area contributed by atoms with Crippen molar-refractivity contribution in [3.05, 3.63) is 78.3 Å². The van der Waals surface area contributed by atoms with Crippen molar-refractivity contribution in [1.29, 1.82) is 0 Å². The first-order valence-electron chi connectivity index (χ1n) is 8.14. The molecule has 0 saturated heterocycles. The van der Waals surface area contributed by atoms with Crippen LogP contribution in [-0.4, -0.2) is 27.1 Å². The minimum Gasteiger partial charge on any atom is -0.423 e. The second-order valence-electron chi connectivity index (χ2n) is 5.83. The largest absolute Gasteiger partial charge is 0.488 e. The number of aromatic nitrogens is 2. The molecule has 0 atom stereocenters. The van der Waals surface area contributed by atoms with Crippen LogP contribution in [0.3, 0.4) is 0 Å². The monoisotopic (exact) mass is 358 g/mol. The summed E-state index contributed by atoms with van der Waals surface area (Å²) in [6.45, 7) is 0. The van der Waals surface area contributed by atoms with Crippen LogP contribution in [0.2, 0.25) is 0 Å². The molecule has 0 bridgehead atoms. The number of hydrogen-bond acceptors (Lipinski definition) is 5. The molecule has 0 saturated carbocycles. The molecule has 4 nitrogen and oxygen atoms in total. The molecule has 0 aliphatic heterocycles. The molecule has 0 fully saturated rings. The Kier molecular flexibility index (Phi) is 4.62. The molecule has 0 spiro atoms. The normalized spacial score (nSPS) is 10.7. The Hall–Kier alpha value is -2.80. The summed E-state index contributed by atoms with van der Waals surface area (Å²) >= 11 is 1.54. The SMILES string of the molecule is OB(O)c1ccc(-c2csc(-c3ccc(-c4ccccc4)cn3)n2)cc1. The first-order valence-corrected chi connectivity index (χ1v) is 9.02. The minimum absolute atomic E-state index is 0.461. The average molecular weight is 358 g/mol. The van der Waals surface area contributed by atoms with Gasteiger partial charge in [-0.2, -0.15) is 0 Å². The highest BCUT2D eigenvalue weighted by molar-refractivity contribution is 7.13. The summed E-state index contributed by atoms with van der Waals surface area (Å²) < 4.78 is 0. The fourth-order valence-electron chi connectivity index (χ4n) is 2.67. The van der Waals surface area contributed by atoms with E-state index >= 15 is 0 Å². The van der Waals surface area contributed by atoms with Gasteiger partial charge in [0.2, 0.25) is 0 Å². The van der Waals surface area contributed by atoms with E-state index in [1.807, 2.05) is 48.0 Å². The second kappa shape index (κ2) is 7.21. The van der Waals surface area contributed by atoms with Crippen molar-refractivity contribution in [1.82, 2.24) is 9.97 Å². The Balaban J connectivity index is 1.58. The summed E-state index contributed by atoms with van der Waals surface area (Å²) in [5.74, 6) is 0. The predicted octanol–water partition coefficient (Wildman–Crippen LogP) is 3.22. The maximum Gasteiger partial charge on any atom is 0.488 e. The number of hydrogen-bond donors (Lipinski definition) is 2. The molecule has 0 amide bonds. The van der Waals surface area contributed by atoms with Gasteiger partial charge < -0.3 is 10.0 Å². The van der Waals surface area contributed by atoms with Gasteiger partial charge >= 0.3 is 7.12 Å². The van der Waals surface area contributed by atoms with Crippen molar-refractivity contribution in [2.75, 3.05) is 0 Å². The van der Waals surface area contributed by atoms with E-state index in [0.29, 0.717) is 5.46 Å². The lowest BCUT2D eigenvalue weighted by Gasteiger charge is -2.02. The van der Waals surface area contributed by atoms with E-state index in [1.165, 1.54) is 11.3 Å². The maximum atomic E-state index is 9.18. The van der Waals surface area contributed by atoms with Crippen molar-refractivity contribution in [3.8, 4) is 33.1 Å². The van der Waals surface area contributed by atoms with Gasteiger partial charge in [-0.3, -0.25) is 4.98 Å². The Bertz CT molecular complexity index is 1000. The molecule has 0 radical (unpaired) electrons. The van der Waals surface area contributed by atoms with Gasteiger partial charge in [-0.1, -0.05) is 60.7 Å². The number of pyridine rings is 1. The molecular weight excluding hydrogens is 343 g/mol. The quantitative estimate of drug-likeness (QED) is 0.550. The van der Waals surface area contributed by atoms with Crippen molar-refractivity contribution in [2.24, 2.45) is 0 Å². The highest BCUT2D eigenvalue weighted by atomic mass is 32.1. The van der Waals surface area contributed by atoms with Gasteiger partial charge in [0.15, 0.2) is 0 Å². The first-order chi connectivity index (χ1) is 12.7. The van der Waals surface area contributed by atoms with Crippen LogP contribution >= 0.6 is 11.3 Å². The molecule has 0 aliphatic carbocycles. The zero-order chi connectivity index (χ0) is 17.9. The Labute approximate surface area is 155 Å². The molecule has 2 heterocycles. The summed E-state index contributed by atoms with van der Waals surface area (Å²) in [5.41, 5.74) is 5.28. The molecule has 4 rings (SSSR count). The highest BCUT2D eigenvalue weighted by Crippen LogP contribution is 2.28. The van der Waals surface area contributed by atoms with Gasteiger partial charge in [0.25, 0.3) is 0 Å². The van der Waals surface area contributed by atoms with Gasteiger partial charge in [0.1, 0.15) is 5.01 Å². The summed E-state index contributed by atoms with van der Waals surface area (Å²) in [7, 11) is -1.46. The average Bonchev–Trinajstić information content (AvgIpc) is 3.19. The van der Waals surface area contributed by atoms with E-state index in [9.17, 15) is 10.0 Å². The third-order valence-electron chi connectivity index (χ3n) is 4.10. The van der Waals surface area contributed by atoms with E-state index in [1.54, 1.807) is 12.1 Å². The summed E-state index contributed by atoms with van der Waals surface area (Å²) in [5, 5.41) is 21.2. The second-order valence-corrected chi connectivity index (χ2v) is 6.69. The lowest BCUT2D eigenvalue weighted by Crippen LogP contribution is -2.29. The van der Waals surface area contributed by atoms with Crippen molar-refractivity contribution in [2.45, 2.75) is 0 Å². The van der Waals surface area contributed by atoms with Crippen LogP contribution in [0.25, 0.3) is 33.1 Å². The number of benzene rings is 2. The summed E-state index contributed by atoms with van der Waals surface area (Å²) in [6.07, 6.45) is 1.86. The van der Waals surface area contributed by atoms with E-state index in [-0.39, 0.29) is 0 Å². The molecule has 4 aromatic rings. The Morgan fingerprint density at radius 1 is 0.731 bits per heavy atom. The highest BCUT2D eigenvalue weighted by Gasteiger charge is 2.12. The van der Waals surface area contributed by atoms with Crippen LogP contribution < -0.4 is 5.46 Å². The van der Waals surface area contributed by atoms with E-state index < -0.39 is 7.12 Å². The number of nitrogens with zero attached hydrogens (tertiary/aromatic N) is 2. The Morgan fingerprint density at radius 3 is 2.12 bits per heavy atom. The molecule has 2 aromatic heterocycles. The van der Waals surface area contributed by atoms with Gasteiger partial charge in [0, 0.05) is 22.7 Å². The van der Waals surface area contributed by atoms with E-state index in [0.717, 1.165) is 33.1 Å². The first kappa shape index (κ1) is 16.7. The summed E-state index contributed by atoms with van der Waals surface area (Å²) in [6, 6.07) is 21.2. The lowest BCUT2D eigenvalue weighted by molar-refractivity contribution is 0.426. The zero-order valence-electron chi connectivity index (χ0n) is 13.8. The molecule has 2 N–H and O–H groups in total. The van der Waals surface area contributed by atoms with E-state index in [4.69, 9.17) is 0 Å². The van der Waals surface area contributed by atoms with Crippen LogP contribution in [0.5, 0.6) is 0 Å². The lowest BCUT2D eigenvalue weighted by atomic mass is 9.80. The van der Waals surface area contributed by atoms with Crippen LogP contribution in [-0.2, 0) is 0 Å². The maximum absolute atomic E-state index is 9.18. The number of rotatable bonds is 4. The molecule has 126 valence electrons. The van der Waals surface area contributed by atoms with E-state index in [2.05, 4.69) is 28.2 Å². The smallest absolute Gasteiger partial charge is 0.423 e. The molecular formula is C20H15BN2O2S. The molecule has 6 heteroatoms. The van der Waals surface area contributed by atoms with Gasteiger partial charge in [-0.25, -0.2) is 4.98 Å². The van der Waals surface area contributed by atoms with Crippen molar-refractivity contribution < 1.29 is 10.0 Å². The van der Waals surface area contributed by atoms with Crippen molar-refractivity contribution in [3.63, 3.8) is 0 Å². The molecule has 26 heavy (non-hydrogen) atoms.